The molecule has 54 valence electrons. The Balaban J connectivity index is 2.75. The molecule has 0 spiro atoms. The van der Waals surface area contributed by atoms with Crippen LogP contribution in [0.25, 0.3) is 0 Å². The highest BCUT2D eigenvalue weighted by Crippen LogP contribution is 2.15. The van der Waals surface area contributed by atoms with Gasteiger partial charge < -0.3 is 5.32 Å². The summed E-state index contributed by atoms with van der Waals surface area (Å²) in [5.41, 5.74) is 1.09. The van der Waals surface area contributed by atoms with Crippen molar-refractivity contribution >= 4 is 34.2 Å². The number of benzene rings is 1. The standard InChI is InChI=1S/C7H8BrNS/c8-6-2-1-3-7(4-6)9-5-10/h1-4,9-10H,5H2. The van der Waals surface area contributed by atoms with Crippen LogP contribution in [0.2, 0.25) is 0 Å². The Morgan fingerprint density at radius 1 is 1.50 bits per heavy atom. The van der Waals surface area contributed by atoms with E-state index < -0.39 is 0 Å². The van der Waals surface area contributed by atoms with Crippen LogP contribution in [0.1, 0.15) is 0 Å². The predicted octanol–water partition coefficient (Wildman–Crippen LogP) is 2.75. The van der Waals surface area contributed by atoms with Gasteiger partial charge in [-0.25, -0.2) is 0 Å². The Morgan fingerprint density at radius 2 is 2.30 bits per heavy atom. The van der Waals surface area contributed by atoms with Crippen molar-refractivity contribution in [2.75, 3.05) is 11.2 Å². The van der Waals surface area contributed by atoms with Gasteiger partial charge in [-0.3, -0.25) is 0 Å². The maximum Gasteiger partial charge on any atom is 0.0581 e. The van der Waals surface area contributed by atoms with Crippen molar-refractivity contribution in [3.63, 3.8) is 0 Å². The lowest BCUT2D eigenvalue weighted by Gasteiger charge is -2.00. The van der Waals surface area contributed by atoms with Gasteiger partial charge in [-0.15, -0.1) is 0 Å². The molecule has 1 nitrogen and oxygen atoms in total. The average Bonchev–Trinajstić information content (AvgIpc) is 1.88. The second-order valence-electron chi connectivity index (χ2n) is 1.85. The molecule has 0 saturated carbocycles. The first kappa shape index (κ1) is 7.95. The second kappa shape index (κ2) is 3.88. The van der Waals surface area contributed by atoms with E-state index in [9.17, 15) is 0 Å². The van der Waals surface area contributed by atoms with Crippen LogP contribution >= 0.6 is 28.6 Å². The summed E-state index contributed by atoms with van der Waals surface area (Å²) >= 11 is 7.41. The number of hydrogen-bond acceptors (Lipinski definition) is 2. The highest BCUT2D eigenvalue weighted by molar-refractivity contribution is 9.10. The molecule has 0 atom stereocenters. The normalized spacial score (nSPS) is 9.40. The summed E-state index contributed by atoms with van der Waals surface area (Å²) in [7, 11) is 0. The van der Waals surface area contributed by atoms with Gasteiger partial charge in [0, 0.05) is 10.2 Å². The van der Waals surface area contributed by atoms with Crippen LogP contribution in [-0.4, -0.2) is 5.88 Å². The van der Waals surface area contributed by atoms with Gasteiger partial charge in [0.05, 0.1) is 5.88 Å². The summed E-state index contributed by atoms with van der Waals surface area (Å²) in [5.74, 6) is 0.663. The average molecular weight is 218 g/mol. The molecule has 0 fully saturated rings. The van der Waals surface area contributed by atoms with Gasteiger partial charge in [-0.1, -0.05) is 22.0 Å². The minimum atomic E-state index is 0.663. The second-order valence-corrected chi connectivity index (χ2v) is 3.08. The Morgan fingerprint density at radius 3 is 2.90 bits per heavy atom. The van der Waals surface area contributed by atoms with Crippen LogP contribution in [-0.2, 0) is 0 Å². The molecule has 0 amide bonds. The van der Waals surface area contributed by atoms with Crippen LogP contribution in [0.15, 0.2) is 28.7 Å². The van der Waals surface area contributed by atoms with Crippen molar-refractivity contribution in [3.05, 3.63) is 28.7 Å². The zero-order valence-electron chi connectivity index (χ0n) is 5.34. The molecule has 1 aromatic carbocycles. The SMILES string of the molecule is SCNc1cccc(Br)c1. The van der Waals surface area contributed by atoms with E-state index in [0.717, 1.165) is 10.2 Å². The molecule has 3 heteroatoms. The maximum atomic E-state index is 4.04. The van der Waals surface area contributed by atoms with E-state index in [1.165, 1.54) is 0 Å². The third-order valence-electron chi connectivity index (χ3n) is 1.11. The molecule has 0 aliphatic heterocycles. The largest absolute Gasteiger partial charge is 0.376 e. The molecule has 10 heavy (non-hydrogen) atoms. The van der Waals surface area contributed by atoms with Gasteiger partial charge in [0.1, 0.15) is 0 Å². The highest BCUT2D eigenvalue weighted by Gasteiger charge is 1.88. The Kier molecular flexibility index (Phi) is 3.09. The van der Waals surface area contributed by atoms with Gasteiger partial charge in [-0.2, -0.15) is 12.6 Å². The summed E-state index contributed by atoms with van der Waals surface area (Å²) in [4.78, 5) is 0. The van der Waals surface area contributed by atoms with E-state index in [0.29, 0.717) is 5.88 Å². The summed E-state index contributed by atoms with van der Waals surface area (Å²) < 4.78 is 1.08. The number of thiol groups is 1. The molecule has 0 unspecified atom stereocenters. The minimum Gasteiger partial charge on any atom is -0.376 e. The third-order valence-corrected chi connectivity index (χ3v) is 1.76. The van der Waals surface area contributed by atoms with Crippen molar-refractivity contribution in [3.8, 4) is 0 Å². The first-order valence-corrected chi connectivity index (χ1v) is 4.36. The number of rotatable bonds is 2. The first-order chi connectivity index (χ1) is 4.83. The van der Waals surface area contributed by atoms with E-state index in [4.69, 9.17) is 0 Å². The van der Waals surface area contributed by atoms with E-state index in [1.54, 1.807) is 0 Å². The first-order valence-electron chi connectivity index (χ1n) is 2.93. The van der Waals surface area contributed by atoms with E-state index >= 15 is 0 Å². The Bertz CT molecular complexity index is 215. The Labute approximate surface area is 74.4 Å². The van der Waals surface area contributed by atoms with Crippen LogP contribution in [0.5, 0.6) is 0 Å². The topological polar surface area (TPSA) is 12.0 Å². The molecule has 1 rings (SSSR count). The fraction of sp³-hybridized carbons (Fsp3) is 0.143. The molecule has 0 heterocycles. The van der Waals surface area contributed by atoms with Crippen molar-refractivity contribution in [1.82, 2.24) is 0 Å². The fourth-order valence-electron chi connectivity index (χ4n) is 0.690. The zero-order chi connectivity index (χ0) is 7.40. The molecule has 0 aromatic heterocycles. The summed E-state index contributed by atoms with van der Waals surface area (Å²) in [5, 5.41) is 3.08. The quantitative estimate of drug-likeness (QED) is 0.574. The fourth-order valence-corrected chi connectivity index (χ4v) is 1.27. The van der Waals surface area contributed by atoms with E-state index in [1.807, 2.05) is 24.3 Å². The van der Waals surface area contributed by atoms with Crippen LogP contribution < -0.4 is 5.32 Å². The molecule has 0 aliphatic carbocycles. The van der Waals surface area contributed by atoms with Crippen molar-refractivity contribution in [2.45, 2.75) is 0 Å². The van der Waals surface area contributed by atoms with Gasteiger partial charge >= 0.3 is 0 Å². The molecule has 1 N–H and O–H groups in total. The summed E-state index contributed by atoms with van der Waals surface area (Å²) in [6, 6.07) is 7.98. The molecular weight excluding hydrogens is 210 g/mol. The molecule has 0 bridgehead atoms. The maximum absolute atomic E-state index is 4.04. The van der Waals surface area contributed by atoms with Gasteiger partial charge in [0.15, 0.2) is 0 Å². The summed E-state index contributed by atoms with van der Waals surface area (Å²) in [6.45, 7) is 0. The van der Waals surface area contributed by atoms with E-state index in [2.05, 4.69) is 33.9 Å². The predicted molar refractivity (Wildman–Crippen MR) is 51.6 cm³/mol. The molecule has 1 aromatic rings. The molecule has 0 saturated heterocycles. The molecule has 0 radical (unpaired) electrons. The van der Waals surface area contributed by atoms with Crippen molar-refractivity contribution in [1.29, 1.82) is 0 Å². The lowest BCUT2D eigenvalue weighted by Crippen LogP contribution is -1.92. The van der Waals surface area contributed by atoms with Gasteiger partial charge in [0.2, 0.25) is 0 Å². The zero-order valence-corrected chi connectivity index (χ0v) is 7.82. The Hall–Kier alpha value is -0.150. The van der Waals surface area contributed by atoms with Gasteiger partial charge in [-0.05, 0) is 18.2 Å². The number of halogens is 1. The van der Waals surface area contributed by atoms with Crippen LogP contribution in [0.3, 0.4) is 0 Å². The molecular formula is C7H8BrNS. The molecule has 0 aliphatic rings. The number of nitrogens with one attached hydrogen (secondary N) is 1. The minimum absolute atomic E-state index is 0.663. The highest BCUT2D eigenvalue weighted by atomic mass is 79.9. The number of anilines is 1. The van der Waals surface area contributed by atoms with Crippen molar-refractivity contribution < 1.29 is 0 Å². The smallest absolute Gasteiger partial charge is 0.0581 e. The van der Waals surface area contributed by atoms with Crippen molar-refractivity contribution in [2.24, 2.45) is 0 Å². The number of hydrogen-bond donors (Lipinski definition) is 2. The third kappa shape index (κ3) is 2.23. The monoisotopic (exact) mass is 217 g/mol. The van der Waals surface area contributed by atoms with Gasteiger partial charge in [0.25, 0.3) is 0 Å². The van der Waals surface area contributed by atoms with Crippen LogP contribution in [0.4, 0.5) is 5.69 Å². The lowest BCUT2D eigenvalue weighted by molar-refractivity contribution is 1.46. The summed E-state index contributed by atoms with van der Waals surface area (Å²) in [6.07, 6.45) is 0. The van der Waals surface area contributed by atoms with E-state index in [-0.39, 0.29) is 0 Å². The van der Waals surface area contributed by atoms with Crippen LogP contribution in [0, 0.1) is 0 Å². The lowest BCUT2D eigenvalue weighted by atomic mass is 10.3.